The molecule has 0 unspecified atom stereocenters. The first-order chi connectivity index (χ1) is 8.75. The van der Waals surface area contributed by atoms with Crippen molar-refractivity contribution < 1.29 is 14.3 Å². The van der Waals surface area contributed by atoms with E-state index in [4.69, 9.17) is 9.47 Å². The van der Waals surface area contributed by atoms with E-state index in [9.17, 15) is 4.79 Å². The number of likely N-dealkylation sites (N-methyl/N-ethyl adjacent to an activating group) is 1. The van der Waals surface area contributed by atoms with Gasteiger partial charge in [0.2, 0.25) is 5.91 Å². The van der Waals surface area contributed by atoms with Gasteiger partial charge in [0, 0.05) is 26.2 Å². The highest BCUT2D eigenvalue weighted by molar-refractivity contribution is 5.79. The van der Waals surface area contributed by atoms with Crippen LogP contribution in [0.25, 0.3) is 0 Å². The lowest BCUT2D eigenvalue weighted by molar-refractivity contribution is -0.145. The predicted octanol–water partition coefficient (Wildman–Crippen LogP) is -0.0456. The topological polar surface area (TPSA) is 42.0 Å². The van der Waals surface area contributed by atoms with Crippen molar-refractivity contribution in [3.05, 3.63) is 0 Å². The van der Waals surface area contributed by atoms with Crippen LogP contribution in [0.2, 0.25) is 0 Å². The van der Waals surface area contributed by atoms with Crippen LogP contribution >= 0.6 is 0 Å². The average molecular weight is 254 g/mol. The second-order valence-corrected chi connectivity index (χ2v) is 5.59. The van der Waals surface area contributed by atoms with Gasteiger partial charge in [-0.05, 0) is 19.9 Å². The van der Waals surface area contributed by atoms with E-state index < -0.39 is 0 Å². The molecular formula is C13H22N2O3. The first-order valence-corrected chi connectivity index (χ1v) is 6.94. The van der Waals surface area contributed by atoms with Gasteiger partial charge in [-0.15, -0.1) is 0 Å². The number of carbonyl (C=O) groups excluding carboxylic acids is 1. The second-order valence-electron chi connectivity index (χ2n) is 5.59. The van der Waals surface area contributed by atoms with Gasteiger partial charge in [0.05, 0.1) is 31.3 Å². The number of nitrogens with zero attached hydrogens (tertiary/aromatic N) is 2. The van der Waals surface area contributed by atoms with Crippen LogP contribution in [0.1, 0.15) is 12.8 Å². The summed E-state index contributed by atoms with van der Waals surface area (Å²) >= 11 is 0. The normalized spacial score (nSPS) is 37.6. The zero-order chi connectivity index (χ0) is 12.5. The average Bonchev–Trinajstić information content (AvgIpc) is 2.92. The van der Waals surface area contributed by atoms with Crippen molar-refractivity contribution in [1.29, 1.82) is 0 Å². The number of hydrogen-bond acceptors (Lipinski definition) is 4. The summed E-state index contributed by atoms with van der Waals surface area (Å²) in [4.78, 5) is 16.7. The summed E-state index contributed by atoms with van der Waals surface area (Å²) in [6.07, 6.45) is 2.16. The third-order valence-corrected chi connectivity index (χ3v) is 4.45. The van der Waals surface area contributed by atoms with Gasteiger partial charge in [0.15, 0.2) is 0 Å². The van der Waals surface area contributed by atoms with Gasteiger partial charge in [-0.25, -0.2) is 0 Å². The van der Waals surface area contributed by atoms with Crippen molar-refractivity contribution in [3.63, 3.8) is 0 Å². The Bertz CT molecular complexity index is 317. The number of amides is 1. The van der Waals surface area contributed by atoms with Crippen molar-refractivity contribution in [2.75, 3.05) is 46.5 Å². The molecule has 0 aromatic carbocycles. The van der Waals surface area contributed by atoms with Gasteiger partial charge in [0.1, 0.15) is 0 Å². The Kier molecular flexibility index (Phi) is 3.54. The van der Waals surface area contributed by atoms with E-state index in [1.165, 1.54) is 0 Å². The maximum Gasteiger partial charge on any atom is 0.228 e. The Morgan fingerprint density at radius 2 is 2.11 bits per heavy atom. The SMILES string of the molecule is CN1CCO[C@H]2CCN(C(=O)[C@@H]3CCOC3)C[C@@H]21. The lowest BCUT2D eigenvalue weighted by Gasteiger charge is -2.46. The Hall–Kier alpha value is -0.650. The van der Waals surface area contributed by atoms with Gasteiger partial charge in [-0.3, -0.25) is 9.69 Å². The van der Waals surface area contributed by atoms with Crippen LogP contribution < -0.4 is 0 Å². The van der Waals surface area contributed by atoms with E-state index in [1.807, 2.05) is 4.90 Å². The van der Waals surface area contributed by atoms with Crippen LogP contribution in [0, 0.1) is 5.92 Å². The summed E-state index contributed by atoms with van der Waals surface area (Å²) in [5.74, 6) is 0.376. The molecule has 3 saturated heterocycles. The van der Waals surface area contributed by atoms with E-state index in [0.29, 0.717) is 18.8 Å². The van der Waals surface area contributed by atoms with E-state index in [1.54, 1.807) is 0 Å². The molecule has 5 heteroatoms. The lowest BCUT2D eigenvalue weighted by Crippen LogP contribution is -2.60. The van der Waals surface area contributed by atoms with Crippen molar-refractivity contribution in [3.8, 4) is 0 Å². The fraction of sp³-hybridized carbons (Fsp3) is 0.923. The minimum Gasteiger partial charge on any atom is -0.381 e. The molecule has 0 aliphatic carbocycles. The van der Waals surface area contributed by atoms with Crippen molar-refractivity contribution in [1.82, 2.24) is 9.80 Å². The Morgan fingerprint density at radius 1 is 1.22 bits per heavy atom. The van der Waals surface area contributed by atoms with Crippen LogP contribution in [-0.2, 0) is 14.3 Å². The van der Waals surface area contributed by atoms with Gasteiger partial charge in [-0.2, -0.15) is 0 Å². The van der Waals surface area contributed by atoms with Gasteiger partial charge in [-0.1, -0.05) is 0 Å². The number of hydrogen-bond donors (Lipinski definition) is 0. The minimum absolute atomic E-state index is 0.0939. The third-order valence-electron chi connectivity index (χ3n) is 4.45. The molecule has 0 aromatic heterocycles. The van der Waals surface area contributed by atoms with Crippen molar-refractivity contribution in [2.45, 2.75) is 25.0 Å². The Labute approximate surface area is 108 Å². The molecule has 3 aliphatic heterocycles. The third kappa shape index (κ3) is 2.27. The summed E-state index contributed by atoms with van der Waals surface area (Å²) < 4.78 is 11.1. The van der Waals surface area contributed by atoms with Crippen LogP contribution in [0.5, 0.6) is 0 Å². The van der Waals surface area contributed by atoms with Gasteiger partial charge in [0.25, 0.3) is 0 Å². The molecule has 3 atom stereocenters. The molecule has 18 heavy (non-hydrogen) atoms. The smallest absolute Gasteiger partial charge is 0.228 e. The number of fused-ring (bicyclic) bond motifs is 1. The fourth-order valence-corrected chi connectivity index (χ4v) is 3.23. The zero-order valence-electron chi connectivity index (χ0n) is 11.0. The molecule has 0 radical (unpaired) electrons. The number of piperidine rings is 1. The number of morpholine rings is 1. The highest BCUT2D eigenvalue weighted by atomic mass is 16.5. The summed E-state index contributed by atoms with van der Waals surface area (Å²) in [6, 6.07) is 0.374. The summed E-state index contributed by atoms with van der Waals surface area (Å²) in [5, 5.41) is 0. The molecule has 0 N–H and O–H groups in total. The van der Waals surface area contributed by atoms with Crippen LogP contribution in [0.3, 0.4) is 0 Å². The summed E-state index contributed by atoms with van der Waals surface area (Å²) in [5.41, 5.74) is 0. The van der Waals surface area contributed by atoms with Crippen LogP contribution in [0.4, 0.5) is 0 Å². The second kappa shape index (κ2) is 5.15. The van der Waals surface area contributed by atoms with E-state index in [2.05, 4.69) is 11.9 Å². The monoisotopic (exact) mass is 254 g/mol. The highest BCUT2D eigenvalue weighted by Gasteiger charge is 2.38. The summed E-state index contributed by atoms with van der Waals surface area (Å²) in [7, 11) is 2.13. The first kappa shape index (κ1) is 12.4. The Morgan fingerprint density at radius 3 is 2.89 bits per heavy atom. The molecule has 0 spiro atoms. The number of carbonyl (C=O) groups is 1. The lowest BCUT2D eigenvalue weighted by atomic mass is 9.97. The number of ether oxygens (including phenoxy) is 2. The molecule has 3 rings (SSSR count). The fourth-order valence-electron chi connectivity index (χ4n) is 3.23. The molecule has 0 bridgehead atoms. The molecule has 3 fully saturated rings. The van der Waals surface area contributed by atoms with Gasteiger partial charge >= 0.3 is 0 Å². The molecule has 3 heterocycles. The highest BCUT2D eigenvalue weighted by Crippen LogP contribution is 2.24. The number of likely N-dealkylation sites (tertiary alicyclic amines) is 1. The van der Waals surface area contributed by atoms with E-state index >= 15 is 0 Å². The predicted molar refractivity (Wildman–Crippen MR) is 66.3 cm³/mol. The molecule has 1 amide bonds. The Balaban J connectivity index is 1.63. The number of rotatable bonds is 1. The molecule has 0 aromatic rings. The van der Waals surface area contributed by atoms with E-state index in [0.717, 1.165) is 45.7 Å². The van der Waals surface area contributed by atoms with Gasteiger partial charge < -0.3 is 14.4 Å². The standard InChI is InChI=1S/C13H22N2O3/c1-14-5-7-18-12-2-4-15(8-11(12)14)13(16)10-3-6-17-9-10/h10-12H,2-9H2,1H3/t10-,11+,12+/m1/s1. The van der Waals surface area contributed by atoms with Crippen molar-refractivity contribution in [2.24, 2.45) is 5.92 Å². The zero-order valence-corrected chi connectivity index (χ0v) is 11.0. The summed E-state index contributed by atoms with van der Waals surface area (Å²) in [6.45, 7) is 4.79. The van der Waals surface area contributed by atoms with Crippen molar-refractivity contribution >= 4 is 5.91 Å². The molecule has 3 aliphatic rings. The van der Waals surface area contributed by atoms with Crippen LogP contribution in [-0.4, -0.2) is 74.4 Å². The van der Waals surface area contributed by atoms with E-state index in [-0.39, 0.29) is 11.8 Å². The first-order valence-electron chi connectivity index (χ1n) is 6.94. The molecule has 102 valence electrons. The molecule has 5 nitrogen and oxygen atoms in total. The minimum atomic E-state index is 0.0939. The quantitative estimate of drug-likeness (QED) is 0.658. The largest absolute Gasteiger partial charge is 0.381 e. The molecular weight excluding hydrogens is 232 g/mol. The van der Waals surface area contributed by atoms with Crippen LogP contribution in [0.15, 0.2) is 0 Å². The molecule has 0 saturated carbocycles. The maximum absolute atomic E-state index is 12.4. The maximum atomic E-state index is 12.4.